The predicted molar refractivity (Wildman–Crippen MR) is 133 cm³/mol. The fourth-order valence-corrected chi connectivity index (χ4v) is 4.58. The molecule has 1 aromatic carbocycles. The molecule has 6 nitrogen and oxygen atoms in total. The molecule has 0 spiro atoms. The Morgan fingerprint density at radius 3 is 2.64 bits per heavy atom. The van der Waals surface area contributed by atoms with Gasteiger partial charge in [0.2, 0.25) is 5.88 Å². The van der Waals surface area contributed by atoms with E-state index in [9.17, 15) is 9.59 Å². The van der Waals surface area contributed by atoms with Gasteiger partial charge in [-0.1, -0.05) is 23.7 Å². The molecule has 8 heteroatoms. The van der Waals surface area contributed by atoms with Crippen LogP contribution < -0.4 is 4.74 Å². The van der Waals surface area contributed by atoms with Gasteiger partial charge in [0, 0.05) is 35.0 Å². The molecule has 1 amide bonds. The number of hydrogen-bond acceptors (Lipinski definition) is 5. The minimum atomic E-state index is -0.635. The molecule has 1 heterocycles. The normalized spacial score (nSPS) is 17.1. The summed E-state index contributed by atoms with van der Waals surface area (Å²) in [6.45, 7) is 7.87. The lowest BCUT2D eigenvalue weighted by Crippen LogP contribution is -2.41. The summed E-state index contributed by atoms with van der Waals surface area (Å²) in [6.07, 6.45) is 1.41. The van der Waals surface area contributed by atoms with Crippen molar-refractivity contribution in [1.82, 2.24) is 9.88 Å². The van der Waals surface area contributed by atoms with Crippen LogP contribution in [0, 0.1) is 5.92 Å². The molecule has 1 aromatic heterocycles. The first-order chi connectivity index (χ1) is 15.5. The van der Waals surface area contributed by atoms with Crippen molar-refractivity contribution in [3.8, 4) is 17.1 Å². The Morgan fingerprint density at radius 2 is 2.03 bits per heavy atom. The van der Waals surface area contributed by atoms with Gasteiger partial charge in [-0.05, 0) is 74.2 Å². The molecule has 1 saturated carbocycles. The average molecular weight is 538 g/mol. The lowest BCUT2D eigenvalue weighted by atomic mass is 10.0. The molecular formula is C25H30BrClN2O4. The second kappa shape index (κ2) is 10.4. The van der Waals surface area contributed by atoms with E-state index in [4.69, 9.17) is 21.1 Å². The molecule has 0 unspecified atom stereocenters. The molecule has 2 aromatic rings. The van der Waals surface area contributed by atoms with Crippen LogP contribution in [-0.4, -0.2) is 41.0 Å². The number of halogens is 2. The molecule has 3 rings (SSSR count). The molecule has 0 radical (unpaired) electrons. The number of nitrogens with zero attached hydrogens (tertiary/aromatic N) is 2. The van der Waals surface area contributed by atoms with E-state index in [1.54, 1.807) is 12.0 Å². The maximum absolute atomic E-state index is 13.1. The number of carbonyl (C=O) groups excluding carboxylic acids is 2. The molecule has 1 aliphatic carbocycles. The quantitative estimate of drug-likeness (QED) is 0.403. The average Bonchev–Trinajstić information content (AvgIpc) is 3.16. The van der Waals surface area contributed by atoms with Crippen molar-refractivity contribution < 1.29 is 19.1 Å². The molecule has 33 heavy (non-hydrogen) atoms. The smallest absolute Gasteiger partial charge is 0.410 e. The van der Waals surface area contributed by atoms with E-state index < -0.39 is 11.7 Å². The summed E-state index contributed by atoms with van der Waals surface area (Å²) < 4.78 is 12.1. The third kappa shape index (κ3) is 6.27. The first-order valence-corrected chi connectivity index (χ1v) is 12.2. The molecule has 0 aliphatic heterocycles. The Morgan fingerprint density at radius 1 is 1.30 bits per heavy atom. The Labute approximate surface area is 208 Å². The Hall–Kier alpha value is -2.12. The van der Waals surface area contributed by atoms with Crippen molar-refractivity contribution in [3.63, 3.8) is 0 Å². The third-order valence-electron chi connectivity index (χ3n) is 5.66. The van der Waals surface area contributed by atoms with Gasteiger partial charge < -0.3 is 14.4 Å². The van der Waals surface area contributed by atoms with Crippen LogP contribution in [0.25, 0.3) is 11.3 Å². The highest BCUT2D eigenvalue weighted by molar-refractivity contribution is 9.10. The molecular weight excluding hydrogens is 508 g/mol. The van der Waals surface area contributed by atoms with Gasteiger partial charge in [-0.3, -0.25) is 4.79 Å². The number of hydrogen-bond donors (Lipinski definition) is 0. The lowest BCUT2D eigenvalue weighted by molar-refractivity contribution is -0.117. The van der Waals surface area contributed by atoms with Crippen LogP contribution in [0.5, 0.6) is 5.88 Å². The number of rotatable bonds is 6. The molecule has 2 atom stereocenters. The highest BCUT2D eigenvalue weighted by Crippen LogP contribution is 2.37. The maximum Gasteiger partial charge on any atom is 0.410 e. The zero-order valence-corrected chi connectivity index (χ0v) is 22.0. The first-order valence-electron chi connectivity index (χ1n) is 11.0. The Bertz CT molecular complexity index is 1040. The maximum atomic E-state index is 13.1. The second-order valence-corrected chi connectivity index (χ2v) is 10.6. The fraction of sp³-hybridized carbons (Fsp3) is 0.480. The van der Waals surface area contributed by atoms with E-state index in [1.165, 1.54) is 0 Å². The molecule has 0 bridgehead atoms. The van der Waals surface area contributed by atoms with Crippen molar-refractivity contribution in [3.05, 3.63) is 45.4 Å². The van der Waals surface area contributed by atoms with Gasteiger partial charge in [0.15, 0.2) is 0 Å². The molecule has 178 valence electrons. The monoisotopic (exact) mass is 536 g/mol. The molecule has 0 N–H and O–H groups in total. The lowest BCUT2D eigenvalue weighted by Gasteiger charge is -2.34. The number of Topliss-reactive ketones (excluding diaryl/α,β-unsaturated/α-hetero) is 1. The summed E-state index contributed by atoms with van der Waals surface area (Å²) in [5, 5.41) is 0.564. The number of aromatic nitrogens is 1. The molecule has 1 fully saturated rings. The van der Waals surface area contributed by atoms with Crippen molar-refractivity contribution in [2.75, 3.05) is 13.7 Å². The number of benzene rings is 1. The Balaban J connectivity index is 1.95. The van der Waals surface area contributed by atoms with E-state index in [2.05, 4.69) is 20.9 Å². The first kappa shape index (κ1) is 25.5. The molecule has 0 saturated heterocycles. The molecule has 1 aliphatic rings. The third-order valence-corrected chi connectivity index (χ3v) is 6.96. The highest BCUT2D eigenvalue weighted by Gasteiger charge is 2.33. The minimum absolute atomic E-state index is 0.117. The van der Waals surface area contributed by atoms with Crippen LogP contribution in [0.2, 0.25) is 5.02 Å². The number of ether oxygens (including phenoxy) is 2. The van der Waals surface area contributed by atoms with Gasteiger partial charge in [0.1, 0.15) is 11.4 Å². The van der Waals surface area contributed by atoms with Crippen molar-refractivity contribution in [2.24, 2.45) is 5.92 Å². The van der Waals surface area contributed by atoms with Crippen LogP contribution in [0.4, 0.5) is 4.79 Å². The summed E-state index contributed by atoms with van der Waals surface area (Å²) in [5.41, 5.74) is 1.56. The summed E-state index contributed by atoms with van der Waals surface area (Å²) in [5.74, 6) is 0.768. The van der Waals surface area contributed by atoms with Gasteiger partial charge in [-0.15, -0.1) is 0 Å². The second-order valence-electron chi connectivity index (χ2n) is 9.35. The zero-order valence-electron chi connectivity index (χ0n) is 19.7. The SMILES string of the molecule is COc1nc(-c2cccc(Br)c2Cl)ccc1[C@@H](C)N(C[C@@H]1CCC(=O)C1)C(=O)OC(C)(C)C. The van der Waals surface area contributed by atoms with Gasteiger partial charge in [-0.2, -0.15) is 0 Å². The van der Waals surface area contributed by atoms with E-state index in [0.29, 0.717) is 36.0 Å². The predicted octanol–water partition coefficient (Wildman–Crippen LogP) is 6.84. The van der Waals surface area contributed by atoms with E-state index in [0.717, 1.165) is 22.0 Å². The van der Waals surface area contributed by atoms with Crippen molar-refractivity contribution in [2.45, 2.75) is 58.6 Å². The summed E-state index contributed by atoms with van der Waals surface area (Å²) in [7, 11) is 1.55. The summed E-state index contributed by atoms with van der Waals surface area (Å²) >= 11 is 9.91. The van der Waals surface area contributed by atoms with Crippen LogP contribution in [-0.2, 0) is 9.53 Å². The van der Waals surface area contributed by atoms with E-state index in [-0.39, 0.29) is 17.7 Å². The van der Waals surface area contributed by atoms with Gasteiger partial charge in [0.25, 0.3) is 0 Å². The topological polar surface area (TPSA) is 68.7 Å². The van der Waals surface area contributed by atoms with Gasteiger partial charge in [-0.25, -0.2) is 9.78 Å². The van der Waals surface area contributed by atoms with Crippen LogP contribution >= 0.6 is 27.5 Å². The number of carbonyl (C=O) groups is 2. The highest BCUT2D eigenvalue weighted by atomic mass is 79.9. The van der Waals surface area contributed by atoms with Crippen LogP contribution in [0.3, 0.4) is 0 Å². The number of methoxy groups -OCH3 is 1. The van der Waals surface area contributed by atoms with E-state index in [1.807, 2.05) is 58.0 Å². The fourth-order valence-electron chi connectivity index (χ4n) is 3.99. The van der Waals surface area contributed by atoms with Crippen molar-refractivity contribution in [1.29, 1.82) is 0 Å². The minimum Gasteiger partial charge on any atom is -0.481 e. The van der Waals surface area contributed by atoms with E-state index >= 15 is 0 Å². The van der Waals surface area contributed by atoms with Crippen LogP contribution in [0.1, 0.15) is 58.6 Å². The number of ketones is 1. The van der Waals surface area contributed by atoms with Crippen LogP contribution in [0.15, 0.2) is 34.8 Å². The number of pyridine rings is 1. The standard InChI is InChI=1S/C25H30BrClN2O4/c1-15(29(24(31)33-25(2,3)4)14-16-9-10-17(30)13-16)18-11-12-21(28-23(18)32-5)19-7-6-8-20(26)22(19)27/h6-8,11-12,15-16H,9-10,13-14H2,1-5H3/t15-,16-/m1/s1. The van der Waals surface area contributed by atoms with Gasteiger partial charge in [0.05, 0.1) is 23.9 Å². The number of amides is 1. The van der Waals surface area contributed by atoms with Gasteiger partial charge >= 0.3 is 6.09 Å². The van der Waals surface area contributed by atoms with Crippen molar-refractivity contribution >= 4 is 39.4 Å². The zero-order chi connectivity index (χ0) is 24.3. The summed E-state index contributed by atoms with van der Waals surface area (Å²) in [6, 6.07) is 9.05. The Kier molecular flexibility index (Phi) is 8.06. The summed E-state index contributed by atoms with van der Waals surface area (Å²) in [4.78, 5) is 31.3. The largest absolute Gasteiger partial charge is 0.481 e.